The second kappa shape index (κ2) is 6.91. The maximum atomic E-state index is 13.9. The number of aromatic nitrogens is 2. The number of nitrogens with one attached hydrogen (secondary N) is 1. The Morgan fingerprint density at radius 2 is 2.04 bits per heavy atom. The molecule has 0 aliphatic carbocycles. The number of benzene rings is 2. The molecule has 8 heteroatoms. The topological polar surface area (TPSA) is 90.2 Å². The fourth-order valence-corrected chi connectivity index (χ4v) is 2.71. The summed E-state index contributed by atoms with van der Waals surface area (Å²) in [7, 11) is 1.38. The third kappa shape index (κ3) is 3.26. The number of aryl methyl sites for hydroxylation is 1. The summed E-state index contributed by atoms with van der Waals surface area (Å²) in [6, 6.07) is 7.62. The summed E-state index contributed by atoms with van der Waals surface area (Å²) < 4.78 is 18.9. The van der Waals surface area contributed by atoms with Gasteiger partial charge in [-0.15, -0.1) is 0 Å². The minimum Gasteiger partial charge on any atom is -0.494 e. The first-order chi connectivity index (χ1) is 12.4. The van der Waals surface area contributed by atoms with E-state index in [1.54, 1.807) is 13.0 Å². The van der Waals surface area contributed by atoms with E-state index in [4.69, 9.17) is 4.74 Å². The van der Waals surface area contributed by atoms with Gasteiger partial charge in [-0.2, -0.15) is 0 Å². The Morgan fingerprint density at radius 1 is 1.27 bits per heavy atom. The van der Waals surface area contributed by atoms with E-state index in [2.05, 4.69) is 15.3 Å². The Morgan fingerprint density at radius 3 is 2.73 bits per heavy atom. The molecule has 0 fully saturated rings. The van der Waals surface area contributed by atoms with Crippen molar-refractivity contribution in [1.29, 1.82) is 0 Å². The maximum absolute atomic E-state index is 13.9. The van der Waals surface area contributed by atoms with Gasteiger partial charge >= 0.3 is 0 Å². The van der Waals surface area contributed by atoms with Crippen molar-refractivity contribution in [3.63, 3.8) is 0 Å². The van der Waals surface area contributed by atoms with Gasteiger partial charge in [0.2, 0.25) is 0 Å². The van der Waals surface area contributed by atoms with Crippen LogP contribution in [0.4, 0.5) is 15.9 Å². The van der Waals surface area contributed by atoms with Gasteiger partial charge < -0.3 is 10.1 Å². The largest absolute Gasteiger partial charge is 0.494 e. The number of nitro benzene ring substituents is 1. The van der Waals surface area contributed by atoms with Crippen molar-refractivity contribution in [1.82, 2.24) is 9.97 Å². The van der Waals surface area contributed by atoms with Crippen molar-refractivity contribution in [3.8, 4) is 5.75 Å². The van der Waals surface area contributed by atoms with E-state index in [1.807, 2.05) is 13.0 Å². The molecule has 2 aromatic carbocycles. The summed E-state index contributed by atoms with van der Waals surface area (Å²) in [6.45, 7) is 3.56. The van der Waals surface area contributed by atoms with E-state index in [9.17, 15) is 14.5 Å². The highest BCUT2D eigenvalue weighted by atomic mass is 19.1. The Balaban J connectivity index is 1.98. The summed E-state index contributed by atoms with van der Waals surface area (Å²) in [6.07, 6.45) is 1.33. The lowest BCUT2D eigenvalue weighted by Gasteiger charge is -2.17. The molecule has 26 heavy (non-hydrogen) atoms. The molecule has 0 radical (unpaired) electrons. The number of anilines is 1. The van der Waals surface area contributed by atoms with Crippen molar-refractivity contribution < 1.29 is 14.1 Å². The van der Waals surface area contributed by atoms with Crippen LogP contribution in [0.25, 0.3) is 10.9 Å². The number of hydrogen-bond acceptors (Lipinski definition) is 6. The molecule has 134 valence electrons. The molecule has 0 aliphatic rings. The summed E-state index contributed by atoms with van der Waals surface area (Å²) in [5, 5.41) is 14.9. The molecule has 0 spiro atoms. The van der Waals surface area contributed by atoms with Gasteiger partial charge in [0, 0.05) is 23.1 Å². The Labute approximate surface area is 149 Å². The molecule has 0 aliphatic heterocycles. The van der Waals surface area contributed by atoms with Gasteiger partial charge in [-0.1, -0.05) is 12.1 Å². The van der Waals surface area contributed by atoms with E-state index >= 15 is 0 Å². The van der Waals surface area contributed by atoms with Crippen LogP contribution >= 0.6 is 0 Å². The maximum Gasteiger partial charge on any atom is 0.272 e. The van der Waals surface area contributed by atoms with Crippen molar-refractivity contribution in [2.45, 2.75) is 19.9 Å². The first-order valence-corrected chi connectivity index (χ1v) is 7.90. The molecule has 7 nitrogen and oxygen atoms in total. The van der Waals surface area contributed by atoms with Gasteiger partial charge in [-0.05, 0) is 25.5 Å². The average Bonchev–Trinajstić information content (AvgIpc) is 2.61. The van der Waals surface area contributed by atoms with Gasteiger partial charge in [-0.25, -0.2) is 14.4 Å². The predicted octanol–water partition coefficient (Wildman–Crippen LogP) is 4.17. The predicted molar refractivity (Wildman–Crippen MR) is 95.9 cm³/mol. The Bertz CT molecular complexity index is 994. The number of nitro groups is 1. The zero-order valence-corrected chi connectivity index (χ0v) is 14.5. The lowest BCUT2D eigenvalue weighted by Crippen LogP contribution is -2.09. The van der Waals surface area contributed by atoms with E-state index in [1.165, 1.54) is 31.6 Å². The number of methoxy groups -OCH3 is 1. The number of ether oxygens (including phenoxy) is 1. The molecule has 1 unspecified atom stereocenters. The normalized spacial score (nSPS) is 12.0. The number of hydrogen-bond donors (Lipinski definition) is 1. The second-order valence-corrected chi connectivity index (χ2v) is 5.90. The second-order valence-electron chi connectivity index (χ2n) is 5.90. The van der Waals surface area contributed by atoms with Crippen LogP contribution in [0.3, 0.4) is 0 Å². The number of nitrogens with zero attached hydrogens (tertiary/aromatic N) is 3. The Kier molecular flexibility index (Phi) is 4.66. The lowest BCUT2D eigenvalue weighted by atomic mass is 10.0. The third-order valence-electron chi connectivity index (χ3n) is 4.19. The summed E-state index contributed by atoms with van der Waals surface area (Å²) in [4.78, 5) is 19.0. The van der Waals surface area contributed by atoms with Crippen LogP contribution in [0.5, 0.6) is 5.75 Å². The van der Waals surface area contributed by atoms with Gasteiger partial charge in [0.1, 0.15) is 12.1 Å². The minimum absolute atomic E-state index is 0.0624. The molecular weight excluding hydrogens is 339 g/mol. The molecular formula is C18H17FN4O3. The number of halogens is 1. The molecule has 0 saturated carbocycles. The van der Waals surface area contributed by atoms with Crippen LogP contribution < -0.4 is 10.1 Å². The van der Waals surface area contributed by atoms with E-state index in [0.29, 0.717) is 22.3 Å². The first-order valence-electron chi connectivity index (χ1n) is 7.90. The summed E-state index contributed by atoms with van der Waals surface area (Å²) in [5.74, 6) is 0.0739. The zero-order valence-electron chi connectivity index (χ0n) is 14.5. The molecule has 3 rings (SSSR count). The standard InChI is InChI=1S/C18H17FN4O3/c1-10-4-5-12(6-16(10)23(24)25)11(2)22-18-13-7-17(26-3)14(19)8-15(13)20-9-21-18/h4-9,11H,1-3H3,(H,20,21,22). The quantitative estimate of drug-likeness (QED) is 0.545. The van der Waals surface area contributed by atoms with Crippen LogP contribution in [0.1, 0.15) is 24.1 Å². The lowest BCUT2D eigenvalue weighted by molar-refractivity contribution is -0.385. The molecule has 0 bridgehead atoms. The molecule has 1 aromatic heterocycles. The van der Waals surface area contributed by atoms with Crippen molar-refractivity contribution >= 4 is 22.4 Å². The third-order valence-corrected chi connectivity index (χ3v) is 4.19. The van der Waals surface area contributed by atoms with Crippen molar-refractivity contribution in [3.05, 3.63) is 63.7 Å². The minimum atomic E-state index is -0.508. The van der Waals surface area contributed by atoms with Gasteiger partial charge in [0.15, 0.2) is 11.6 Å². The van der Waals surface area contributed by atoms with E-state index in [0.717, 1.165) is 5.56 Å². The van der Waals surface area contributed by atoms with Gasteiger partial charge in [0.05, 0.1) is 23.6 Å². The van der Waals surface area contributed by atoms with Gasteiger partial charge in [0.25, 0.3) is 5.69 Å². The van der Waals surface area contributed by atoms with Crippen LogP contribution in [-0.4, -0.2) is 22.0 Å². The highest BCUT2D eigenvalue weighted by Gasteiger charge is 2.16. The highest BCUT2D eigenvalue weighted by molar-refractivity contribution is 5.90. The van der Waals surface area contributed by atoms with Crippen LogP contribution in [0.2, 0.25) is 0 Å². The van der Waals surface area contributed by atoms with E-state index in [-0.39, 0.29) is 17.5 Å². The zero-order chi connectivity index (χ0) is 18.8. The average molecular weight is 356 g/mol. The van der Waals surface area contributed by atoms with Crippen molar-refractivity contribution in [2.75, 3.05) is 12.4 Å². The summed E-state index contributed by atoms with van der Waals surface area (Å²) >= 11 is 0. The first kappa shape index (κ1) is 17.5. The van der Waals surface area contributed by atoms with Gasteiger partial charge in [-0.3, -0.25) is 10.1 Å². The Hall–Kier alpha value is -3.29. The number of fused-ring (bicyclic) bond motifs is 1. The highest BCUT2D eigenvalue weighted by Crippen LogP contribution is 2.30. The number of rotatable bonds is 5. The molecule has 1 atom stereocenters. The van der Waals surface area contributed by atoms with Crippen LogP contribution in [0.15, 0.2) is 36.7 Å². The van der Waals surface area contributed by atoms with Crippen molar-refractivity contribution in [2.24, 2.45) is 0 Å². The molecule has 0 saturated heterocycles. The fourth-order valence-electron chi connectivity index (χ4n) is 2.71. The fraction of sp³-hybridized carbons (Fsp3) is 0.222. The molecule has 1 N–H and O–H groups in total. The van der Waals surface area contributed by atoms with E-state index < -0.39 is 10.7 Å². The molecule has 3 aromatic rings. The molecule has 1 heterocycles. The monoisotopic (exact) mass is 356 g/mol. The van der Waals surface area contributed by atoms with Crippen LogP contribution in [-0.2, 0) is 0 Å². The SMILES string of the molecule is COc1cc2c(NC(C)c3ccc(C)c([N+](=O)[O-])c3)ncnc2cc1F. The molecule has 0 amide bonds. The summed E-state index contributed by atoms with van der Waals surface area (Å²) in [5.41, 5.74) is 1.83. The smallest absolute Gasteiger partial charge is 0.272 e. The van der Waals surface area contributed by atoms with Crippen LogP contribution in [0, 0.1) is 22.9 Å².